The van der Waals surface area contributed by atoms with Crippen molar-refractivity contribution in [1.82, 2.24) is 15.7 Å². The molecular weight excluding hydrogens is 238 g/mol. The second-order valence-electron chi connectivity index (χ2n) is 4.35. The van der Waals surface area contributed by atoms with E-state index in [2.05, 4.69) is 21.7 Å². The molecule has 3 aromatic rings. The minimum Gasteiger partial charge on any atom is -0.297 e. The second kappa shape index (κ2) is 5.65. The number of benzene rings is 2. The van der Waals surface area contributed by atoms with Gasteiger partial charge in [-0.25, -0.2) is 0 Å². The van der Waals surface area contributed by atoms with Gasteiger partial charge >= 0.3 is 0 Å². The standard InChI is InChI=1S/C15H15N3O/c1-2-5-12(6-3-1)11-19-17-10-14-8-4-7-13-9-16-18-15(13)14/h1-9,17H,10-11H2,(H,16,18). The van der Waals surface area contributed by atoms with Crippen LogP contribution in [0.2, 0.25) is 0 Å². The summed E-state index contributed by atoms with van der Waals surface area (Å²) in [7, 11) is 0. The Balaban J connectivity index is 1.57. The second-order valence-corrected chi connectivity index (χ2v) is 4.35. The number of para-hydroxylation sites is 1. The van der Waals surface area contributed by atoms with Gasteiger partial charge in [-0.1, -0.05) is 48.5 Å². The number of hydrogen-bond donors (Lipinski definition) is 2. The Morgan fingerprint density at radius 2 is 1.95 bits per heavy atom. The Hall–Kier alpha value is -2.17. The molecule has 1 heterocycles. The largest absolute Gasteiger partial charge is 0.297 e. The van der Waals surface area contributed by atoms with Crippen LogP contribution in [-0.4, -0.2) is 10.2 Å². The molecule has 0 atom stereocenters. The van der Waals surface area contributed by atoms with Crippen LogP contribution in [-0.2, 0) is 18.0 Å². The highest BCUT2D eigenvalue weighted by Gasteiger charge is 2.02. The van der Waals surface area contributed by atoms with Gasteiger partial charge in [0.2, 0.25) is 0 Å². The number of rotatable bonds is 5. The first-order valence-electron chi connectivity index (χ1n) is 6.23. The fraction of sp³-hybridized carbons (Fsp3) is 0.133. The number of aromatic nitrogens is 2. The monoisotopic (exact) mass is 253 g/mol. The van der Waals surface area contributed by atoms with Gasteiger partial charge in [-0.3, -0.25) is 9.94 Å². The predicted octanol–water partition coefficient (Wildman–Crippen LogP) is 2.78. The average molecular weight is 253 g/mol. The molecular formula is C15H15N3O. The molecule has 0 saturated carbocycles. The third kappa shape index (κ3) is 2.81. The number of nitrogens with one attached hydrogen (secondary N) is 2. The lowest BCUT2D eigenvalue weighted by molar-refractivity contribution is 0.0237. The Morgan fingerprint density at radius 1 is 1.05 bits per heavy atom. The first-order chi connectivity index (χ1) is 9.43. The van der Waals surface area contributed by atoms with Crippen LogP contribution in [0.25, 0.3) is 10.9 Å². The van der Waals surface area contributed by atoms with Gasteiger partial charge < -0.3 is 0 Å². The highest BCUT2D eigenvalue weighted by atomic mass is 16.6. The Morgan fingerprint density at radius 3 is 2.84 bits per heavy atom. The van der Waals surface area contributed by atoms with Crippen molar-refractivity contribution in [3.05, 3.63) is 65.9 Å². The summed E-state index contributed by atoms with van der Waals surface area (Å²) in [4.78, 5) is 5.46. The van der Waals surface area contributed by atoms with Crippen molar-refractivity contribution in [2.45, 2.75) is 13.2 Å². The summed E-state index contributed by atoms with van der Waals surface area (Å²) >= 11 is 0. The third-order valence-electron chi connectivity index (χ3n) is 3.01. The van der Waals surface area contributed by atoms with Gasteiger partial charge in [-0.2, -0.15) is 10.6 Å². The SMILES string of the molecule is c1ccc(CONCc2cccc3cn[nH]c23)cc1. The molecule has 0 aliphatic rings. The topological polar surface area (TPSA) is 49.9 Å². The highest BCUT2D eigenvalue weighted by Crippen LogP contribution is 2.15. The number of aromatic amines is 1. The molecule has 19 heavy (non-hydrogen) atoms. The van der Waals surface area contributed by atoms with Crippen LogP contribution in [0, 0.1) is 0 Å². The van der Waals surface area contributed by atoms with Gasteiger partial charge in [-0.15, -0.1) is 0 Å². The van der Waals surface area contributed by atoms with E-state index in [1.165, 1.54) is 0 Å². The first-order valence-corrected chi connectivity index (χ1v) is 6.23. The van der Waals surface area contributed by atoms with E-state index in [-0.39, 0.29) is 0 Å². The Kier molecular flexibility index (Phi) is 3.54. The van der Waals surface area contributed by atoms with Crippen LogP contribution >= 0.6 is 0 Å². The van der Waals surface area contributed by atoms with Crippen LogP contribution in [0.5, 0.6) is 0 Å². The van der Waals surface area contributed by atoms with Crippen molar-refractivity contribution in [2.24, 2.45) is 0 Å². The fourth-order valence-corrected chi connectivity index (χ4v) is 2.01. The number of H-pyrrole nitrogens is 1. The third-order valence-corrected chi connectivity index (χ3v) is 3.01. The molecule has 0 radical (unpaired) electrons. The van der Waals surface area contributed by atoms with Gasteiger partial charge in [0.15, 0.2) is 0 Å². The van der Waals surface area contributed by atoms with E-state index >= 15 is 0 Å². The molecule has 1 aromatic heterocycles. The van der Waals surface area contributed by atoms with Gasteiger partial charge in [-0.05, 0) is 11.1 Å². The molecule has 96 valence electrons. The molecule has 0 saturated heterocycles. The molecule has 0 unspecified atom stereocenters. The maximum atomic E-state index is 5.46. The number of fused-ring (bicyclic) bond motifs is 1. The normalized spacial score (nSPS) is 10.9. The molecule has 3 rings (SSSR count). The quantitative estimate of drug-likeness (QED) is 0.543. The smallest absolute Gasteiger partial charge is 0.0933 e. The predicted molar refractivity (Wildman–Crippen MR) is 74.2 cm³/mol. The zero-order chi connectivity index (χ0) is 12.9. The van der Waals surface area contributed by atoms with E-state index in [1.54, 1.807) is 0 Å². The molecule has 0 bridgehead atoms. The Labute approximate surface area is 111 Å². The van der Waals surface area contributed by atoms with E-state index in [0.717, 1.165) is 22.0 Å². The minimum atomic E-state index is 0.555. The molecule has 4 heteroatoms. The first kappa shape index (κ1) is 11.9. The van der Waals surface area contributed by atoms with E-state index in [1.807, 2.05) is 48.7 Å². The zero-order valence-corrected chi connectivity index (χ0v) is 10.5. The molecule has 2 N–H and O–H groups in total. The van der Waals surface area contributed by atoms with E-state index < -0.39 is 0 Å². The number of hydrogen-bond acceptors (Lipinski definition) is 3. The van der Waals surface area contributed by atoms with Crippen molar-refractivity contribution in [1.29, 1.82) is 0 Å². The van der Waals surface area contributed by atoms with Crippen LogP contribution < -0.4 is 5.48 Å². The van der Waals surface area contributed by atoms with Crippen LogP contribution in [0.15, 0.2) is 54.7 Å². The summed E-state index contributed by atoms with van der Waals surface area (Å²) in [5.41, 5.74) is 6.33. The van der Waals surface area contributed by atoms with Gasteiger partial charge in [0.05, 0.1) is 18.3 Å². The minimum absolute atomic E-state index is 0.555. The summed E-state index contributed by atoms with van der Waals surface area (Å²) in [5.74, 6) is 0. The summed E-state index contributed by atoms with van der Waals surface area (Å²) in [5, 5.41) is 8.16. The molecule has 4 nitrogen and oxygen atoms in total. The maximum Gasteiger partial charge on any atom is 0.0933 e. The molecule has 0 fully saturated rings. The van der Waals surface area contributed by atoms with Gasteiger partial charge in [0, 0.05) is 11.9 Å². The number of nitrogens with zero attached hydrogens (tertiary/aromatic N) is 1. The fourth-order valence-electron chi connectivity index (χ4n) is 2.01. The molecule has 0 amide bonds. The zero-order valence-electron chi connectivity index (χ0n) is 10.5. The van der Waals surface area contributed by atoms with Crippen LogP contribution in [0.1, 0.15) is 11.1 Å². The maximum absolute atomic E-state index is 5.46. The van der Waals surface area contributed by atoms with E-state index in [4.69, 9.17) is 4.84 Å². The lowest BCUT2D eigenvalue weighted by atomic mass is 10.1. The summed E-state index contributed by atoms with van der Waals surface area (Å²) in [6.45, 7) is 1.20. The van der Waals surface area contributed by atoms with Crippen molar-refractivity contribution >= 4 is 10.9 Å². The molecule has 0 spiro atoms. The van der Waals surface area contributed by atoms with Gasteiger partial charge in [0.1, 0.15) is 0 Å². The van der Waals surface area contributed by atoms with E-state index in [0.29, 0.717) is 13.2 Å². The lowest BCUT2D eigenvalue weighted by Gasteiger charge is -2.06. The van der Waals surface area contributed by atoms with Gasteiger partial charge in [0.25, 0.3) is 0 Å². The highest BCUT2D eigenvalue weighted by molar-refractivity contribution is 5.81. The summed E-state index contributed by atoms with van der Waals surface area (Å²) in [6.07, 6.45) is 1.82. The summed E-state index contributed by atoms with van der Waals surface area (Å²) in [6, 6.07) is 16.2. The van der Waals surface area contributed by atoms with Crippen LogP contribution in [0.4, 0.5) is 0 Å². The van der Waals surface area contributed by atoms with E-state index in [9.17, 15) is 0 Å². The summed E-state index contributed by atoms with van der Waals surface area (Å²) < 4.78 is 0. The molecule has 2 aromatic carbocycles. The average Bonchev–Trinajstić information content (AvgIpc) is 2.94. The van der Waals surface area contributed by atoms with Crippen molar-refractivity contribution in [3.8, 4) is 0 Å². The number of hydroxylamine groups is 1. The Bertz CT molecular complexity index is 649. The molecule has 0 aliphatic heterocycles. The van der Waals surface area contributed by atoms with Crippen molar-refractivity contribution < 1.29 is 4.84 Å². The van der Waals surface area contributed by atoms with Crippen molar-refractivity contribution in [3.63, 3.8) is 0 Å². The van der Waals surface area contributed by atoms with Crippen LogP contribution in [0.3, 0.4) is 0 Å². The lowest BCUT2D eigenvalue weighted by Crippen LogP contribution is -2.14. The van der Waals surface area contributed by atoms with Crippen molar-refractivity contribution in [2.75, 3.05) is 0 Å². The molecule has 0 aliphatic carbocycles.